The van der Waals surface area contributed by atoms with Crippen LogP contribution >= 0.6 is 0 Å². The van der Waals surface area contributed by atoms with Crippen LogP contribution < -0.4 is 9.64 Å². The van der Waals surface area contributed by atoms with Crippen LogP contribution in [0.4, 0.5) is 5.69 Å². The van der Waals surface area contributed by atoms with Crippen molar-refractivity contribution in [2.45, 2.75) is 26.9 Å². The predicted molar refractivity (Wildman–Crippen MR) is 77.9 cm³/mol. The molecule has 108 valence electrons. The van der Waals surface area contributed by atoms with Crippen LogP contribution in [0, 0.1) is 0 Å². The lowest BCUT2D eigenvalue weighted by molar-refractivity contribution is 0.195. The van der Waals surface area contributed by atoms with E-state index in [0.717, 1.165) is 49.7 Å². The summed E-state index contributed by atoms with van der Waals surface area (Å²) in [6, 6.07) is 5.84. The van der Waals surface area contributed by atoms with E-state index in [1.165, 1.54) is 0 Å². The molecule has 1 aliphatic rings. The molecule has 1 aliphatic heterocycles. The Bertz CT molecular complexity index is 368. The number of hydrogen-bond donors (Lipinski definition) is 1. The first kappa shape index (κ1) is 15.8. The highest BCUT2D eigenvalue weighted by Gasteiger charge is 2.17. The van der Waals surface area contributed by atoms with E-state index in [2.05, 4.69) is 4.90 Å². The number of fused-ring (bicyclic) bond motifs is 1. The van der Waals surface area contributed by atoms with Crippen LogP contribution in [0.15, 0.2) is 18.2 Å². The second-order valence-electron chi connectivity index (χ2n) is 4.14. The van der Waals surface area contributed by atoms with Gasteiger partial charge in [0.05, 0.1) is 18.8 Å². The molecule has 4 nitrogen and oxygen atoms in total. The van der Waals surface area contributed by atoms with Gasteiger partial charge in [-0.1, -0.05) is 19.9 Å². The summed E-state index contributed by atoms with van der Waals surface area (Å²) in [5.74, 6) is 0.908. The number of rotatable bonds is 5. The minimum Gasteiger partial charge on any atom is -0.490 e. The smallest absolute Gasteiger partial charge is 0.142 e. The highest BCUT2D eigenvalue weighted by Crippen LogP contribution is 2.32. The number of aliphatic hydroxyl groups is 1. The number of ether oxygens (including phenoxy) is 2. The maximum Gasteiger partial charge on any atom is 0.142 e. The van der Waals surface area contributed by atoms with Gasteiger partial charge in [-0.25, -0.2) is 0 Å². The molecule has 19 heavy (non-hydrogen) atoms. The standard InChI is InChI=1S/C13H19NO3.C2H6/c1-16-7-2-5-14-6-8-17-13-4-3-11(10-15)9-12(13)14;1-2/h3-4,9,15H,2,5-8,10H2,1H3;1-2H3. The van der Waals surface area contributed by atoms with Gasteiger partial charge < -0.3 is 19.5 Å². The summed E-state index contributed by atoms with van der Waals surface area (Å²) in [7, 11) is 1.72. The van der Waals surface area contributed by atoms with Crippen molar-refractivity contribution in [2.24, 2.45) is 0 Å². The molecule has 1 aromatic rings. The fraction of sp³-hybridized carbons (Fsp3) is 0.600. The molecular weight excluding hydrogens is 242 g/mol. The highest BCUT2D eigenvalue weighted by molar-refractivity contribution is 5.61. The van der Waals surface area contributed by atoms with Crippen LogP contribution in [0.2, 0.25) is 0 Å². The first-order valence-electron chi connectivity index (χ1n) is 6.95. The van der Waals surface area contributed by atoms with Crippen molar-refractivity contribution < 1.29 is 14.6 Å². The Balaban J connectivity index is 0.000000861. The molecule has 0 radical (unpaired) electrons. The Kier molecular flexibility index (Phi) is 7.30. The number of aliphatic hydroxyl groups excluding tert-OH is 1. The van der Waals surface area contributed by atoms with Crippen LogP contribution in [-0.2, 0) is 11.3 Å². The topological polar surface area (TPSA) is 41.9 Å². The van der Waals surface area contributed by atoms with Crippen molar-refractivity contribution >= 4 is 5.69 Å². The summed E-state index contributed by atoms with van der Waals surface area (Å²) in [5, 5.41) is 9.16. The van der Waals surface area contributed by atoms with Crippen molar-refractivity contribution in [3.8, 4) is 5.75 Å². The summed E-state index contributed by atoms with van der Waals surface area (Å²) in [4.78, 5) is 2.29. The largest absolute Gasteiger partial charge is 0.490 e. The van der Waals surface area contributed by atoms with Gasteiger partial charge in [-0.3, -0.25) is 0 Å². The van der Waals surface area contributed by atoms with Gasteiger partial charge in [0.25, 0.3) is 0 Å². The monoisotopic (exact) mass is 267 g/mol. The quantitative estimate of drug-likeness (QED) is 0.832. The third kappa shape index (κ3) is 4.40. The van der Waals surface area contributed by atoms with Crippen LogP contribution in [0.25, 0.3) is 0 Å². The molecule has 1 N–H and O–H groups in total. The van der Waals surface area contributed by atoms with Crippen molar-refractivity contribution in [1.82, 2.24) is 0 Å². The van der Waals surface area contributed by atoms with E-state index in [-0.39, 0.29) is 6.61 Å². The molecule has 0 unspecified atom stereocenters. The van der Waals surface area contributed by atoms with Gasteiger partial charge in [0, 0.05) is 20.3 Å². The van der Waals surface area contributed by atoms with Crippen molar-refractivity contribution in [3.05, 3.63) is 23.8 Å². The van der Waals surface area contributed by atoms with E-state index >= 15 is 0 Å². The second-order valence-corrected chi connectivity index (χ2v) is 4.14. The SMILES string of the molecule is CC.COCCCN1CCOc2ccc(CO)cc21. The molecular formula is C15H25NO3. The van der Waals surface area contributed by atoms with Crippen molar-refractivity contribution in [2.75, 3.05) is 38.3 Å². The van der Waals surface area contributed by atoms with Gasteiger partial charge >= 0.3 is 0 Å². The third-order valence-electron chi connectivity index (χ3n) is 2.94. The minimum absolute atomic E-state index is 0.0686. The highest BCUT2D eigenvalue weighted by atomic mass is 16.5. The Labute approximate surface area is 115 Å². The van der Waals surface area contributed by atoms with Crippen LogP contribution in [0.1, 0.15) is 25.8 Å². The Morgan fingerprint density at radius 1 is 1.37 bits per heavy atom. The van der Waals surface area contributed by atoms with Crippen LogP contribution in [-0.4, -0.2) is 38.5 Å². The minimum atomic E-state index is 0.0686. The zero-order valence-electron chi connectivity index (χ0n) is 12.2. The van der Waals surface area contributed by atoms with Crippen molar-refractivity contribution in [1.29, 1.82) is 0 Å². The van der Waals surface area contributed by atoms with Gasteiger partial charge in [0.1, 0.15) is 12.4 Å². The molecule has 1 heterocycles. The van der Waals surface area contributed by atoms with Crippen molar-refractivity contribution in [3.63, 3.8) is 0 Å². The summed E-state index contributed by atoms with van der Waals surface area (Å²) < 4.78 is 10.7. The second kappa shape index (κ2) is 8.77. The van der Waals surface area contributed by atoms with E-state index in [4.69, 9.17) is 14.6 Å². The van der Waals surface area contributed by atoms with E-state index in [1.54, 1.807) is 7.11 Å². The lowest BCUT2D eigenvalue weighted by atomic mass is 10.1. The molecule has 0 fully saturated rings. The van der Waals surface area contributed by atoms with Gasteiger partial charge in [-0.15, -0.1) is 0 Å². The molecule has 4 heteroatoms. The van der Waals surface area contributed by atoms with Crippen LogP contribution in [0.5, 0.6) is 5.75 Å². The summed E-state index contributed by atoms with van der Waals surface area (Å²) in [6.45, 7) is 7.41. The molecule has 2 rings (SSSR count). The molecule has 1 aromatic carbocycles. The lowest BCUT2D eigenvalue weighted by Crippen LogP contribution is -2.34. The Hall–Kier alpha value is -1.26. The zero-order chi connectivity index (χ0) is 14.1. The maximum atomic E-state index is 9.16. The fourth-order valence-corrected chi connectivity index (χ4v) is 2.05. The molecule has 0 spiro atoms. The zero-order valence-corrected chi connectivity index (χ0v) is 12.2. The normalized spacial score (nSPS) is 13.2. The van der Waals surface area contributed by atoms with Gasteiger partial charge in [0.15, 0.2) is 0 Å². The molecule has 0 bridgehead atoms. The molecule has 0 saturated heterocycles. The first-order valence-corrected chi connectivity index (χ1v) is 6.95. The molecule has 0 saturated carbocycles. The Morgan fingerprint density at radius 2 is 2.16 bits per heavy atom. The first-order chi connectivity index (χ1) is 9.35. The predicted octanol–water partition coefficient (Wildman–Crippen LogP) is 2.44. The van der Waals surface area contributed by atoms with E-state index in [9.17, 15) is 0 Å². The van der Waals surface area contributed by atoms with Gasteiger partial charge in [-0.2, -0.15) is 0 Å². The maximum absolute atomic E-state index is 9.16. The third-order valence-corrected chi connectivity index (χ3v) is 2.94. The summed E-state index contributed by atoms with van der Waals surface area (Å²) in [5.41, 5.74) is 2.00. The number of anilines is 1. The Morgan fingerprint density at radius 3 is 2.84 bits per heavy atom. The van der Waals surface area contributed by atoms with E-state index in [0.29, 0.717) is 0 Å². The van der Waals surface area contributed by atoms with E-state index < -0.39 is 0 Å². The average Bonchev–Trinajstić information content (AvgIpc) is 2.49. The van der Waals surface area contributed by atoms with Gasteiger partial charge in [-0.05, 0) is 24.1 Å². The molecule has 0 aliphatic carbocycles. The number of nitrogens with zero attached hydrogens (tertiary/aromatic N) is 1. The number of benzene rings is 1. The van der Waals surface area contributed by atoms with Gasteiger partial charge in [0.2, 0.25) is 0 Å². The number of hydrogen-bond acceptors (Lipinski definition) is 4. The lowest BCUT2D eigenvalue weighted by Gasteiger charge is -2.31. The van der Waals surface area contributed by atoms with Crippen LogP contribution in [0.3, 0.4) is 0 Å². The molecule has 0 aromatic heterocycles. The summed E-state index contributed by atoms with van der Waals surface area (Å²) in [6.07, 6.45) is 0.999. The fourth-order valence-electron chi connectivity index (χ4n) is 2.05. The molecule has 0 amide bonds. The van der Waals surface area contributed by atoms with E-state index in [1.807, 2.05) is 32.0 Å². The summed E-state index contributed by atoms with van der Waals surface area (Å²) >= 11 is 0. The molecule has 0 atom stereocenters. The average molecular weight is 267 g/mol. The number of methoxy groups -OCH3 is 1.